The average Bonchev–Trinajstić information content (AvgIpc) is 2.58. The smallest absolute Gasteiger partial charge is 0.253 e. The third-order valence-corrected chi connectivity index (χ3v) is 5.54. The first-order valence-electron chi connectivity index (χ1n) is 9.32. The summed E-state index contributed by atoms with van der Waals surface area (Å²) in [6.45, 7) is 3.80. The fourth-order valence-electron chi connectivity index (χ4n) is 3.71. The molecule has 6 heteroatoms. The maximum Gasteiger partial charge on any atom is 0.253 e. The number of likely N-dealkylation sites (tertiary alicyclic amines) is 1. The van der Waals surface area contributed by atoms with Gasteiger partial charge in [-0.15, -0.1) is 0 Å². The first kappa shape index (κ1) is 16.4. The molecule has 25 heavy (non-hydrogen) atoms. The van der Waals surface area contributed by atoms with Crippen molar-refractivity contribution in [3.63, 3.8) is 0 Å². The Labute approximate surface area is 148 Å². The standard InChI is InChI=1S/C19H25N5O/c25-18-5-8-20-14-24(18)12-15-6-10-23(11-7-15)13-17-4-9-21-19(22-17)16-2-1-3-16/h4-5,8-9,14-16H,1-3,6-7,10-13H2. The van der Waals surface area contributed by atoms with E-state index in [-0.39, 0.29) is 5.56 Å². The molecule has 2 aliphatic rings. The van der Waals surface area contributed by atoms with E-state index in [9.17, 15) is 4.79 Å². The van der Waals surface area contributed by atoms with Crippen LogP contribution in [0.4, 0.5) is 0 Å². The Morgan fingerprint density at radius 1 is 1.08 bits per heavy atom. The summed E-state index contributed by atoms with van der Waals surface area (Å²) < 4.78 is 1.73. The van der Waals surface area contributed by atoms with Gasteiger partial charge in [0.1, 0.15) is 5.82 Å². The van der Waals surface area contributed by atoms with E-state index in [0.717, 1.165) is 50.5 Å². The lowest BCUT2D eigenvalue weighted by Crippen LogP contribution is -2.36. The third-order valence-electron chi connectivity index (χ3n) is 5.54. The minimum atomic E-state index is 0.0435. The normalized spacial score (nSPS) is 19.7. The molecule has 132 valence electrons. The van der Waals surface area contributed by atoms with Crippen LogP contribution in [0.2, 0.25) is 0 Å². The molecule has 0 radical (unpaired) electrons. The highest BCUT2D eigenvalue weighted by Gasteiger charge is 2.23. The van der Waals surface area contributed by atoms with E-state index >= 15 is 0 Å². The lowest BCUT2D eigenvalue weighted by Gasteiger charge is -2.32. The Hall–Kier alpha value is -2.08. The molecule has 1 aliphatic heterocycles. The predicted octanol–water partition coefficient (Wildman–Crippen LogP) is 2.21. The van der Waals surface area contributed by atoms with E-state index in [1.165, 1.54) is 25.3 Å². The van der Waals surface area contributed by atoms with Gasteiger partial charge < -0.3 is 0 Å². The van der Waals surface area contributed by atoms with E-state index in [1.54, 1.807) is 17.1 Å². The summed E-state index contributed by atoms with van der Waals surface area (Å²) in [6.07, 6.45) is 11.1. The van der Waals surface area contributed by atoms with Gasteiger partial charge in [-0.25, -0.2) is 15.0 Å². The largest absolute Gasteiger partial charge is 0.299 e. The minimum absolute atomic E-state index is 0.0435. The van der Waals surface area contributed by atoms with Crippen LogP contribution in [0.3, 0.4) is 0 Å². The van der Waals surface area contributed by atoms with Gasteiger partial charge in [0.2, 0.25) is 0 Å². The third kappa shape index (κ3) is 3.95. The van der Waals surface area contributed by atoms with Crippen molar-refractivity contribution in [2.45, 2.75) is 51.1 Å². The zero-order valence-corrected chi connectivity index (χ0v) is 14.5. The SMILES string of the molecule is O=c1ccncn1CC1CCN(Cc2ccnc(C3CCC3)n2)CC1. The molecule has 0 aromatic carbocycles. The molecule has 6 nitrogen and oxygen atoms in total. The Morgan fingerprint density at radius 3 is 2.64 bits per heavy atom. The summed E-state index contributed by atoms with van der Waals surface area (Å²) in [5.74, 6) is 2.17. The molecular formula is C19H25N5O. The van der Waals surface area contributed by atoms with Crippen molar-refractivity contribution in [3.05, 3.63) is 52.7 Å². The molecule has 1 saturated heterocycles. The second kappa shape index (κ2) is 7.44. The summed E-state index contributed by atoms with van der Waals surface area (Å²) in [5.41, 5.74) is 1.18. The molecule has 2 aromatic heterocycles. The van der Waals surface area contributed by atoms with E-state index in [4.69, 9.17) is 4.98 Å². The summed E-state index contributed by atoms with van der Waals surface area (Å²) >= 11 is 0. The molecular weight excluding hydrogens is 314 g/mol. The first-order chi connectivity index (χ1) is 12.3. The van der Waals surface area contributed by atoms with Gasteiger partial charge in [-0.05, 0) is 50.8 Å². The molecule has 3 heterocycles. The summed E-state index contributed by atoms with van der Waals surface area (Å²) in [7, 11) is 0. The molecule has 4 rings (SSSR count). The van der Waals surface area contributed by atoms with Crippen LogP contribution >= 0.6 is 0 Å². The van der Waals surface area contributed by atoms with Crippen molar-refractivity contribution in [3.8, 4) is 0 Å². The van der Waals surface area contributed by atoms with Crippen LogP contribution < -0.4 is 5.56 Å². The Bertz CT molecular complexity index is 762. The molecule has 2 aromatic rings. The Kier molecular flexibility index (Phi) is 4.88. The predicted molar refractivity (Wildman–Crippen MR) is 95.1 cm³/mol. The molecule has 0 spiro atoms. The lowest BCUT2D eigenvalue weighted by atomic mass is 9.85. The highest BCUT2D eigenvalue weighted by atomic mass is 16.1. The molecule has 1 aliphatic carbocycles. The molecule has 0 amide bonds. The van der Waals surface area contributed by atoms with Gasteiger partial charge in [0.25, 0.3) is 5.56 Å². The fraction of sp³-hybridized carbons (Fsp3) is 0.579. The summed E-state index contributed by atoms with van der Waals surface area (Å²) in [4.78, 5) is 27.6. The van der Waals surface area contributed by atoms with Gasteiger partial charge in [0, 0.05) is 37.5 Å². The number of hydrogen-bond donors (Lipinski definition) is 0. The highest BCUT2D eigenvalue weighted by molar-refractivity contribution is 5.08. The second-order valence-corrected chi connectivity index (χ2v) is 7.32. The van der Waals surface area contributed by atoms with Gasteiger partial charge in [0.15, 0.2) is 0 Å². The summed E-state index contributed by atoms with van der Waals surface area (Å²) in [6, 6.07) is 3.58. The molecule has 0 unspecified atom stereocenters. The van der Waals surface area contributed by atoms with E-state index in [1.807, 2.05) is 12.3 Å². The fourth-order valence-corrected chi connectivity index (χ4v) is 3.71. The van der Waals surface area contributed by atoms with Crippen LogP contribution in [-0.2, 0) is 13.1 Å². The highest BCUT2D eigenvalue weighted by Crippen LogP contribution is 2.34. The molecule has 0 bridgehead atoms. The van der Waals surface area contributed by atoms with Crippen molar-refractivity contribution in [2.75, 3.05) is 13.1 Å². The maximum atomic E-state index is 11.8. The average molecular weight is 339 g/mol. The molecule has 0 N–H and O–H groups in total. The Morgan fingerprint density at radius 2 is 1.92 bits per heavy atom. The number of hydrogen-bond acceptors (Lipinski definition) is 5. The van der Waals surface area contributed by atoms with Gasteiger partial charge in [0.05, 0.1) is 12.0 Å². The number of piperidine rings is 1. The first-order valence-corrected chi connectivity index (χ1v) is 9.32. The van der Waals surface area contributed by atoms with E-state index in [0.29, 0.717) is 11.8 Å². The summed E-state index contributed by atoms with van der Waals surface area (Å²) in [5, 5.41) is 0. The van der Waals surface area contributed by atoms with Crippen LogP contribution in [0.25, 0.3) is 0 Å². The van der Waals surface area contributed by atoms with Crippen LogP contribution in [0.5, 0.6) is 0 Å². The van der Waals surface area contributed by atoms with Gasteiger partial charge in [-0.1, -0.05) is 6.42 Å². The monoisotopic (exact) mass is 339 g/mol. The van der Waals surface area contributed by atoms with E-state index in [2.05, 4.69) is 14.9 Å². The van der Waals surface area contributed by atoms with Crippen molar-refractivity contribution < 1.29 is 0 Å². The van der Waals surface area contributed by atoms with Crippen molar-refractivity contribution in [2.24, 2.45) is 5.92 Å². The van der Waals surface area contributed by atoms with Crippen LogP contribution in [0.15, 0.2) is 35.6 Å². The van der Waals surface area contributed by atoms with Gasteiger partial charge >= 0.3 is 0 Å². The number of rotatable bonds is 5. The second-order valence-electron chi connectivity index (χ2n) is 7.32. The minimum Gasteiger partial charge on any atom is -0.299 e. The van der Waals surface area contributed by atoms with E-state index < -0.39 is 0 Å². The lowest BCUT2D eigenvalue weighted by molar-refractivity contribution is 0.164. The van der Waals surface area contributed by atoms with Crippen LogP contribution in [0, 0.1) is 5.92 Å². The Balaban J connectivity index is 1.30. The van der Waals surface area contributed by atoms with Crippen molar-refractivity contribution in [1.29, 1.82) is 0 Å². The van der Waals surface area contributed by atoms with Crippen molar-refractivity contribution in [1.82, 2.24) is 24.4 Å². The zero-order valence-electron chi connectivity index (χ0n) is 14.5. The van der Waals surface area contributed by atoms with Crippen LogP contribution in [0.1, 0.15) is 49.5 Å². The molecule has 2 fully saturated rings. The number of nitrogens with zero attached hydrogens (tertiary/aromatic N) is 5. The van der Waals surface area contributed by atoms with Crippen molar-refractivity contribution >= 4 is 0 Å². The maximum absolute atomic E-state index is 11.8. The van der Waals surface area contributed by atoms with Gasteiger partial charge in [-0.3, -0.25) is 14.3 Å². The quantitative estimate of drug-likeness (QED) is 0.836. The van der Waals surface area contributed by atoms with Gasteiger partial charge in [-0.2, -0.15) is 0 Å². The number of aromatic nitrogens is 4. The van der Waals surface area contributed by atoms with Crippen LogP contribution in [-0.4, -0.2) is 37.5 Å². The topological polar surface area (TPSA) is 63.9 Å². The molecule has 0 atom stereocenters. The molecule has 1 saturated carbocycles. The zero-order chi connectivity index (χ0) is 17.1.